The molecule has 0 radical (unpaired) electrons. The molecule has 8 rings (SSSR count). The van der Waals surface area contributed by atoms with Crippen LogP contribution in [0.4, 0.5) is 9.18 Å². The van der Waals surface area contributed by atoms with Gasteiger partial charge in [0, 0.05) is 60.0 Å². The fourth-order valence-corrected chi connectivity index (χ4v) is 11.1. The summed E-state index contributed by atoms with van der Waals surface area (Å²) in [5, 5.41) is 39.6. The second-order valence-electron chi connectivity index (χ2n) is 22.1. The number of esters is 1. The number of pyridine rings is 2. The van der Waals surface area contributed by atoms with Gasteiger partial charge in [-0.15, -0.1) is 0 Å². The Morgan fingerprint density at radius 2 is 1.62 bits per heavy atom. The van der Waals surface area contributed by atoms with E-state index >= 15 is 4.39 Å². The van der Waals surface area contributed by atoms with E-state index in [2.05, 4.69) is 37.2 Å². The second-order valence-corrected chi connectivity index (χ2v) is 22.1. The van der Waals surface area contributed by atoms with Gasteiger partial charge in [-0.05, 0) is 86.5 Å². The first-order valence-electron chi connectivity index (χ1n) is 28.4. The summed E-state index contributed by atoms with van der Waals surface area (Å²) >= 11 is 0. The number of carbonyl (C=O) groups excluding carboxylic acids is 10. The van der Waals surface area contributed by atoms with Gasteiger partial charge in [0.2, 0.25) is 35.4 Å². The maximum atomic E-state index is 15.5. The Balaban J connectivity index is 0.848. The number of nitrogens with one attached hydrogen (secondary N) is 7. The summed E-state index contributed by atoms with van der Waals surface area (Å²) in [4.78, 5) is 160. The molecule has 3 aromatic rings. The number of amides is 10. The summed E-state index contributed by atoms with van der Waals surface area (Å²) < 4.78 is 33.4. The molecule has 28 nitrogen and oxygen atoms in total. The predicted molar refractivity (Wildman–Crippen MR) is 298 cm³/mol. The number of nitrogens with two attached hydrogens (primary N) is 1. The van der Waals surface area contributed by atoms with E-state index < -0.39 is 132 Å². The zero-order valence-electron chi connectivity index (χ0n) is 47.9. The fourth-order valence-electron chi connectivity index (χ4n) is 11.1. The number of fused-ring (bicyclic) bond motifs is 5. The number of carbonyl (C=O) groups is 11. The Bertz CT molecular complexity index is 3350. The van der Waals surface area contributed by atoms with Crippen LogP contribution < -0.4 is 48.5 Å². The van der Waals surface area contributed by atoms with Gasteiger partial charge in [0.25, 0.3) is 17.4 Å². The molecule has 29 heteroatoms. The maximum absolute atomic E-state index is 15.5. The summed E-state index contributed by atoms with van der Waals surface area (Å²) in [5.41, 5.74) is 6.50. The van der Waals surface area contributed by atoms with Crippen molar-refractivity contribution in [3.63, 3.8) is 0 Å². The van der Waals surface area contributed by atoms with E-state index in [1.54, 1.807) is 33.8 Å². The fraction of sp³-hybridized carbons (Fsp3) is 0.526. The molecule has 1 aromatic carbocycles. The molecule has 0 saturated heterocycles. The topological polar surface area (TPSA) is 404 Å². The third-order valence-electron chi connectivity index (χ3n) is 16.1. The number of carboxylic acids is 1. The summed E-state index contributed by atoms with van der Waals surface area (Å²) in [5.74, 6) is -9.20. The molecule has 462 valence electrons. The molecular weight excluding hydrogens is 1130 g/mol. The Labute approximate surface area is 491 Å². The number of urea groups is 1. The lowest BCUT2D eigenvalue weighted by Gasteiger charge is -2.31. The summed E-state index contributed by atoms with van der Waals surface area (Å²) in [7, 11) is 0. The molecule has 3 aliphatic heterocycles. The highest BCUT2D eigenvalue weighted by molar-refractivity contribution is 6.13. The van der Waals surface area contributed by atoms with Crippen LogP contribution in [0.25, 0.3) is 22.3 Å². The zero-order valence-corrected chi connectivity index (χ0v) is 47.9. The Kier molecular flexibility index (Phi) is 20.0. The number of carboxylic acid groups (broad SMARTS) is 1. The second kappa shape index (κ2) is 27.1. The molecule has 11 N–H and O–H groups in total. The molecule has 5 heterocycles. The van der Waals surface area contributed by atoms with Crippen LogP contribution in [0.1, 0.15) is 112 Å². The van der Waals surface area contributed by atoms with Crippen molar-refractivity contribution in [2.75, 3.05) is 46.2 Å². The third-order valence-corrected chi connectivity index (χ3v) is 16.1. The minimum absolute atomic E-state index is 0.0264. The maximum Gasteiger partial charge on any atom is 0.343 e. The van der Waals surface area contributed by atoms with Gasteiger partial charge in [-0.1, -0.05) is 20.8 Å². The number of ether oxygens (including phenoxy) is 3. The molecule has 10 amide bonds. The number of aryl methyl sites for hydroxylation is 1. The van der Waals surface area contributed by atoms with Crippen LogP contribution in [0.2, 0.25) is 0 Å². The Morgan fingerprint density at radius 1 is 0.884 bits per heavy atom. The third kappa shape index (κ3) is 14.2. The number of hydrogen-bond donors (Lipinski definition) is 10. The number of primary amides is 1. The first-order chi connectivity index (χ1) is 40.9. The Hall–Kier alpha value is -8.70. The molecule has 7 atom stereocenters. The van der Waals surface area contributed by atoms with Gasteiger partial charge in [-0.3, -0.25) is 52.8 Å². The van der Waals surface area contributed by atoms with Crippen LogP contribution in [0.5, 0.6) is 0 Å². The van der Waals surface area contributed by atoms with Gasteiger partial charge in [0.1, 0.15) is 37.3 Å². The average Bonchev–Trinajstić information content (AvgIpc) is 1.47. The van der Waals surface area contributed by atoms with E-state index in [1.807, 2.05) is 0 Å². The van der Waals surface area contributed by atoms with Gasteiger partial charge in [0.15, 0.2) is 5.60 Å². The lowest BCUT2D eigenvalue weighted by atomic mass is 9.81. The molecule has 86 heavy (non-hydrogen) atoms. The normalized spacial score (nSPS) is 19.8. The molecule has 0 unspecified atom stereocenters. The first-order valence-corrected chi connectivity index (χ1v) is 28.4. The predicted octanol–water partition coefficient (Wildman–Crippen LogP) is -0.771. The molecule has 0 spiro atoms. The van der Waals surface area contributed by atoms with Crippen molar-refractivity contribution in [3.8, 4) is 11.4 Å². The van der Waals surface area contributed by atoms with Crippen LogP contribution in [0.3, 0.4) is 0 Å². The van der Waals surface area contributed by atoms with E-state index in [0.29, 0.717) is 58.2 Å². The van der Waals surface area contributed by atoms with Crippen LogP contribution in [0, 0.1) is 30.5 Å². The molecule has 1 saturated carbocycles. The minimum Gasteiger partial charge on any atom is -0.481 e. The highest BCUT2D eigenvalue weighted by atomic mass is 19.1. The highest BCUT2D eigenvalue weighted by Crippen LogP contribution is 2.47. The van der Waals surface area contributed by atoms with Gasteiger partial charge in [-0.2, -0.15) is 0 Å². The van der Waals surface area contributed by atoms with Crippen molar-refractivity contribution in [2.24, 2.45) is 23.5 Å². The van der Waals surface area contributed by atoms with Crippen LogP contribution >= 0.6 is 0 Å². The summed E-state index contributed by atoms with van der Waals surface area (Å²) in [6.45, 7) is 5.14. The number of benzene rings is 1. The van der Waals surface area contributed by atoms with Crippen molar-refractivity contribution < 1.29 is 81.6 Å². The van der Waals surface area contributed by atoms with Crippen molar-refractivity contribution in [3.05, 3.63) is 73.8 Å². The first kappa shape index (κ1) is 63.3. The average molecular weight is 1200 g/mol. The smallest absolute Gasteiger partial charge is 0.343 e. The number of rotatable bonds is 29. The van der Waals surface area contributed by atoms with E-state index in [-0.39, 0.29) is 101 Å². The number of aliphatic hydroxyl groups is 1. The lowest BCUT2D eigenvalue weighted by molar-refractivity contribution is -0.172. The summed E-state index contributed by atoms with van der Waals surface area (Å²) in [6.07, 6.45) is 2.40. The van der Waals surface area contributed by atoms with E-state index in [1.165, 1.54) is 10.6 Å². The summed E-state index contributed by atoms with van der Waals surface area (Å²) in [6, 6.07) is -2.58. The van der Waals surface area contributed by atoms with Gasteiger partial charge >= 0.3 is 18.0 Å². The van der Waals surface area contributed by atoms with Crippen molar-refractivity contribution >= 4 is 76.1 Å². The van der Waals surface area contributed by atoms with Crippen LogP contribution in [-0.2, 0) is 87.3 Å². The Morgan fingerprint density at radius 3 is 2.31 bits per heavy atom. The van der Waals surface area contributed by atoms with Gasteiger partial charge in [-0.25, -0.2) is 19.0 Å². The molecule has 2 aliphatic carbocycles. The van der Waals surface area contributed by atoms with E-state index in [9.17, 15) is 67.7 Å². The number of halogens is 1. The van der Waals surface area contributed by atoms with Gasteiger partial charge < -0.3 is 71.9 Å². The molecule has 1 fully saturated rings. The number of imide groups is 1. The molecule has 2 aromatic heterocycles. The molecule has 5 aliphatic rings. The molecular formula is C57H70FN11O17. The lowest BCUT2D eigenvalue weighted by Crippen LogP contribution is -2.58. The number of cyclic esters (lactones) is 1. The monoisotopic (exact) mass is 1200 g/mol. The van der Waals surface area contributed by atoms with Crippen LogP contribution in [0.15, 0.2) is 29.1 Å². The SMILES string of the molecule is CC[C@@]1(O)C(=O)OCc2c1cc1n(c2=O)Cc2c-1nc1cc(F)c(C)c3c1c2[C@@H](NC(=O)[C@H]1C[C@@H]1COCNC(=O)[C@H](CCCNC(N)=O)NC(=O)[C@@H](NC(=O)[C@H](CCC(=O)O)NC(=O)CNC(=O)CCOCCN1C(=O)C=CC1=O)C(C)C)CC3. The quantitative estimate of drug-likeness (QED) is 0.0138. The minimum atomic E-state index is -2.06. The van der Waals surface area contributed by atoms with Crippen molar-refractivity contribution in [1.29, 1.82) is 0 Å². The van der Waals surface area contributed by atoms with E-state index in [4.69, 9.17) is 24.9 Å². The largest absolute Gasteiger partial charge is 0.481 e. The number of nitrogens with zero attached hydrogens (tertiary/aromatic N) is 3. The van der Waals surface area contributed by atoms with Gasteiger partial charge in [0.05, 0.1) is 68.0 Å². The van der Waals surface area contributed by atoms with E-state index in [0.717, 1.165) is 22.6 Å². The number of aromatic nitrogens is 2. The zero-order chi connectivity index (χ0) is 62.3. The van der Waals surface area contributed by atoms with Crippen molar-refractivity contribution in [1.82, 2.24) is 51.7 Å². The standard InChI is InChI=1S/C57H70FN11O17/c1-5-57(83)34-20-40-49-32(23-69(40)54(80)33(34)25-86-55(57)81)47-36(9-8-30-28(4)35(58)21-39(64-49)46(30)47)65-50(76)31-19-29(31)24-85-26-62-51(77)37(7-6-15-60-56(59)82)66-53(79)48(27(2)3)67-52(78)38(10-13-45(74)75)63-42(71)22-61-41(70)14-17-84-18-16-68-43(72)11-12-44(68)73/h11-12,20-21,27,29,31,36-38,48,83H,5-10,13-19,22-26H2,1-4H3,(H,61,70)(H,62,77)(H,63,71)(H,65,76)(H,66,79)(H,67,78)(H,74,75)(H3,59,60,82)/t29-,31+,36+,37+,38+,48+,57+/m1/s1. The van der Waals surface area contributed by atoms with Crippen LogP contribution in [-0.4, -0.2) is 154 Å². The highest BCUT2D eigenvalue weighted by Gasteiger charge is 2.47. The van der Waals surface area contributed by atoms with Crippen molar-refractivity contribution in [2.45, 2.75) is 128 Å². The number of hydrogen-bond acceptors (Lipinski definition) is 17. The molecule has 0 bridgehead atoms. The number of aliphatic carboxylic acids is 1.